The highest BCUT2D eigenvalue weighted by molar-refractivity contribution is 9.10. The highest BCUT2D eigenvalue weighted by atomic mass is 79.9. The SMILES string of the molecule is COC(=O)N1CCC(c2cc(Br)ccc2N)=CC1c1ccccc1. The van der Waals surface area contributed by atoms with E-state index in [1.807, 2.05) is 48.5 Å². The third-order valence-electron chi connectivity index (χ3n) is 4.23. The Morgan fingerprint density at radius 1 is 1.25 bits per heavy atom. The van der Waals surface area contributed by atoms with Gasteiger partial charge in [0.25, 0.3) is 0 Å². The lowest BCUT2D eigenvalue weighted by Gasteiger charge is -2.34. The van der Waals surface area contributed by atoms with Crippen LogP contribution in [0.1, 0.15) is 23.6 Å². The predicted octanol–water partition coefficient (Wildman–Crippen LogP) is 4.63. The van der Waals surface area contributed by atoms with E-state index in [9.17, 15) is 4.79 Å². The summed E-state index contributed by atoms with van der Waals surface area (Å²) in [6, 6.07) is 15.6. The summed E-state index contributed by atoms with van der Waals surface area (Å²) in [5.74, 6) is 0. The molecular formula is C19H19BrN2O2. The zero-order valence-corrected chi connectivity index (χ0v) is 15.0. The minimum Gasteiger partial charge on any atom is -0.453 e. The van der Waals surface area contributed by atoms with Gasteiger partial charge in [0, 0.05) is 22.3 Å². The van der Waals surface area contributed by atoms with Gasteiger partial charge in [-0.3, -0.25) is 4.90 Å². The molecule has 1 amide bonds. The van der Waals surface area contributed by atoms with Crippen molar-refractivity contribution >= 4 is 33.3 Å². The number of nitrogens with two attached hydrogens (primary N) is 1. The predicted molar refractivity (Wildman–Crippen MR) is 99.4 cm³/mol. The average Bonchev–Trinajstić information content (AvgIpc) is 2.63. The molecule has 1 aliphatic rings. The molecule has 0 bridgehead atoms. The first-order chi connectivity index (χ1) is 11.6. The molecule has 1 atom stereocenters. The third-order valence-corrected chi connectivity index (χ3v) is 4.72. The highest BCUT2D eigenvalue weighted by Gasteiger charge is 2.29. The minimum atomic E-state index is -0.318. The van der Waals surface area contributed by atoms with Crippen LogP contribution < -0.4 is 5.73 Å². The number of methoxy groups -OCH3 is 1. The number of hydrogen-bond donors (Lipinski definition) is 1. The summed E-state index contributed by atoms with van der Waals surface area (Å²) in [6.07, 6.45) is 2.52. The van der Waals surface area contributed by atoms with Crippen molar-refractivity contribution in [2.24, 2.45) is 0 Å². The van der Waals surface area contributed by atoms with Crippen LogP contribution in [-0.2, 0) is 4.74 Å². The van der Waals surface area contributed by atoms with Crippen molar-refractivity contribution in [2.45, 2.75) is 12.5 Å². The van der Waals surface area contributed by atoms with E-state index in [-0.39, 0.29) is 12.1 Å². The van der Waals surface area contributed by atoms with E-state index in [1.54, 1.807) is 4.90 Å². The van der Waals surface area contributed by atoms with Crippen LogP contribution in [-0.4, -0.2) is 24.6 Å². The standard InChI is InChI=1S/C19H19BrN2O2/c1-24-19(23)22-10-9-14(16-12-15(20)7-8-17(16)21)11-18(22)13-5-3-2-4-6-13/h2-8,11-12,18H,9-10,21H2,1H3. The van der Waals surface area contributed by atoms with Gasteiger partial charge in [-0.25, -0.2) is 4.79 Å². The second kappa shape index (κ2) is 7.09. The first kappa shape index (κ1) is 16.6. The number of hydrogen-bond acceptors (Lipinski definition) is 3. The van der Waals surface area contributed by atoms with E-state index in [0.29, 0.717) is 6.54 Å². The first-order valence-corrected chi connectivity index (χ1v) is 8.55. The second-order valence-electron chi connectivity index (χ2n) is 5.69. The third kappa shape index (κ3) is 3.31. The molecule has 0 aromatic heterocycles. The zero-order valence-electron chi connectivity index (χ0n) is 13.4. The topological polar surface area (TPSA) is 55.6 Å². The molecule has 0 spiro atoms. The Balaban J connectivity index is 2.05. The Kier molecular flexibility index (Phi) is 4.90. The lowest BCUT2D eigenvalue weighted by atomic mass is 9.92. The quantitative estimate of drug-likeness (QED) is 0.765. The molecule has 1 aliphatic heterocycles. The van der Waals surface area contributed by atoms with Gasteiger partial charge in [0.15, 0.2) is 0 Å². The van der Waals surface area contributed by atoms with Crippen LogP contribution in [0.25, 0.3) is 5.57 Å². The summed E-state index contributed by atoms with van der Waals surface area (Å²) in [5.41, 5.74) is 10.1. The van der Waals surface area contributed by atoms with Gasteiger partial charge in [0.05, 0.1) is 13.2 Å². The van der Waals surface area contributed by atoms with Crippen LogP contribution in [0, 0.1) is 0 Å². The number of halogens is 1. The van der Waals surface area contributed by atoms with Gasteiger partial charge in [-0.1, -0.05) is 52.3 Å². The van der Waals surface area contributed by atoms with Crippen molar-refractivity contribution in [1.29, 1.82) is 0 Å². The summed E-state index contributed by atoms with van der Waals surface area (Å²) in [4.78, 5) is 13.9. The molecule has 1 heterocycles. The molecule has 0 fully saturated rings. The lowest BCUT2D eigenvalue weighted by Crippen LogP contribution is -2.37. The van der Waals surface area contributed by atoms with Crippen LogP contribution in [0.5, 0.6) is 0 Å². The van der Waals surface area contributed by atoms with Crippen LogP contribution >= 0.6 is 15.9 Å². The van der Waals surface area contributed by atoms with Gasteiger partial charge in [0.2, 0.25) is 0 Å². The van der Waals surface area contributed by atoms with Gasteiger partial charge >= 0.3 is 6.09 Å². The first-order valence-electron chi connectivity index (χ1n) is 7.76. The number of amides is 1. The van der Waals surface area contributed by atoms with E-state index < -0.39 is 0 Å². The fourth-order valence-electron chi connectivity index (χ4n) is 3.02. The van der Waals surface area contributed by atoms with E-state index in [2.05, 4.69) is 22.0 Å². The Bertz CT molecular complexity index is 774. The minimum absolute atomic E-state index is 0.166. The molecule has 124 valence electrons. The highest BCUT2D eigenvalue weighted by Crippen LogP contribution is 2.36. The molecule has 0 radical (unpaired) electrons. The van der Waals surface area contributed by atoms with Crippen molar-refractivity contribution < 1.29 is 9.53 Å². The number of benzene rings is 2. The Morgan fingerprint density at radius 3 is 2.71 bits per heavy atom. The normalized spacial score (nSPS) is 17.3. The number of anilines is 1. The molecule has 1 unspecified atom stereocenters. The van der Waals surface area contributed by atoms with Crippen LogP contribution in [0.2, 0.25) is 0 Å². The van der Waals surface area contributed by atoms with Gasteiger partial charge in [0.1, 0.15) is 0 Å². The maximum atomic E-state index is 12.2. The van der Waals surface area contributed by atoms with Crippen LogP contribution in [0.3, 0.4) is 0 Å². The molecule has 3 rings (SSSR count). The zero-order chi connectivity index (χ0) is 17.1. The Labute approximate surface area is 150 Å². The van der Waals surface area contributed by atoms with E-state index in [4.69, 9.17) is 10.5 Å². The van der Waals surface area contributed by atoms with E-state index in [0.717, 1.165) is 33.3 Å². The summed E-state index contributed by atoms with van der Waals surface area (Å²) >= 11 is 3.50. The summed E-state index contributed by atoms with van der Waals surface area (Å²) in [6.45, 7) is 0.587. The molecule has 5 heteroatoms. The van der Waals surface area contributed by atoms with Crippen molar-refractivity contribution in [2.75, 3.05) is 19.4 Å². The summed E-state index contributed by atoms with van der Waals surface area (Å²) in [5, 5.41) is 0. The number of ether oxygens (including phenoxy) is 1. The molecule has 0 aliphatic carbocycles. The van der Waals surface area contributed by atoms with Gasteiger partial charge in [-0.05, 0) is 35.8 Å². The van der Waals surface area contributed by atoms with Crippen LogP contribution in [0.4, 0.5) is 10.5 Å². The summed E-state index contributed by atoms with van der Waals surface area (Å²) < 4.78 is 5.94. The van der Waals surface area contributed by atoms with Gasteiger partial charge < -0.3 is 10.5 Å². The second-order valence-corrected chi connectivity index (χ2v) is 6.61. The fraction of sp³-hybridized carbons (Fsp3) is 0.211. The van der Waals surface area contributed by atoms with Crippen molar-refractivity contribution in [1.82, 2.24) is 4.90 Å². The molecule has 2 N–H and O–H groups in total. The largest absolute Gasteiger partial charge is 0.453 e. The molecular weight excluding hydrogens is 368 g/mol. The van der Waals surface area contributed by atoms with Gasteiger partial charge in [-0.15, -0.1) is 0 Å². The fourth-order valence-corrected chi connectivity index (χ4v) is 3.38. The molecule has 2 aromatic carbocycles. The van der Waals surface area contributed by atoms with Crippen LogP contribution in [0.15, 0.2) is 59.1 Å². The lowest BCUT2D eigenvalue weighted by molar-refractivity contribution is 0.112. The Hall–Kier alpha value is -2.27. The molecule has 0 saturated carbocycles. The Morgan fingerprint density at radius 2 is 2.00 bits per heavy atom. The van der Waals surface area contributed by atoms with E-state index >= 15 is 0 Å². The number of nitrogen functional groups attached to an aromatic ring is 1. The molecule has 24 heavy (non-hydrogen) atoms. The molecule has 2 aromatic rings. The maximum absolute atomic E-state index is 12.2. The summed E-state index contributed by atoms with van der Waals surface area (Å²) in [7, 11) is 1.41. The van der Waals surface area contributed by atoms with Gasteiger partial charge in [-0.2, -0.15) is 0 Å². The number of carbonyl (C=O) groups excluding carboxylic acids is 1. The molecule has 0 saturated heterocycles. The smallest absolute Gasteiger partial charge is 0.410 e. The number of carbonyl (C=O) groups is 1. The maximum Gasteiger partial charge on any atom is 0.410 e. The number of rotatable bonds is 2. The van der Waals surface area contributed by atoms with Crippen molar-refractivity contribution in [3.8, 4) is 0 Å². The average molecular weight is 387 g/mol. The monoisotopic (exact) mass is 386 g/mol. The van der Waals surface area contributed by atoms with Crippen molar-refractivity contribution in [3.63, 3.8) is 0 Å². The molecule has 4 nitrogen and oxygen atoms in total. The van der Waals surface area contributed by atoms with E-state index in [1.165, 1.54) is 7.11 Å². The number of nitrogens with zero attached hydrogens (tertiary/aromatic N) is 1. The van der Waals surface area contributed by atoms with Crippen molar-refractivity contribution in [3.05, 3.63) is 70.2 Å².